The lowest BCUT2D eigenvalue weighted by molar-refractivity contribution is 0.107. The molecule has 1 heterocycles. The number of rotatable bonds is 3. The fourth-order valence-corrected chi connectivity index (χ4v) is 2.20. The molecular weight excluding hydrogens is 300 g/mol. The molecule has 3 aromatic rings. The normalized spacial score (nSPS) is 11.1. The van der Waals surface area contributed by atoms with Gasteiger partial charge in [-0.3, -0.25) is 14.8 Å². The quantitative estimate of drug-likeness (QED) is 0.583. The van der Waals surface area contributed by atoms with Gasteiger partial charge in [-0.25, -0.2) is 0 Å². The van der Waals surface area contributed by atoms with Gasteiger partial charge in [-0.2, -0.15) is 0 Å². The van der Waals surface area contributed by atoms with Crippen molar-refractivity contribution in [1.29, 1.82) is 0 Å². The number of phenols is 1. The van der Waals surface area contributed by atoms with E-state index in [9.17, 15) is 9.90 Å². The molecule has 0 spiro atoms. The average Bonchev–Trinajstić information content (AvgIpc) is 2.55. The van der Waals surface area contributed by atoms with Gasteiger partial charge >= 0.3 is 0 Å². The third-order valence-electron chi connectivity index (χ3n) is 3.17. The molecule has 0 amide bonds. The number of hydrogen-bond acceptors (Lipinski definition) is 4. The van der Waals surface area contributed by atoms with Crippen molar-refractivity contribution in [2.24, 2.45) is 4.99 Å². The highest BCUT2D eigenvalue weighted by Gasteiger charge is 2.06. The predicted molar refractivity (Wildman–Crippen MR) is 87.3 cm³/mol. The van der Waals surface area contributed by atoms with E-state index < -0.39 is 0 Å². The van der Waals surface area contributed by atoms with Crippen LogP contribution in [0.15, 0.2) is 59.7 Å². The zero-order valence-electron chi connectivity index (χ0n) is 11.4. The highest BCUT2D eigenvalue weighted by molar-refractivity contribution is 6.36. The van der Waals surface area contributed by atoms with E-state index in [0.29, 0.717) is 27.2 Å². The summed E-state index contributed by atoms with van der Waals surface area (Å²) in [6.07, 6.45) is 2.84. The second-order valence-electron chi connectivity index (χ2n) is 4.63. The molecule has 0 radical (unpaired) electrons. The van der Waals surface area contributed by atoms with Crippen LogP contribution in [-0.2, 0) is 0 Å². The monoisotopic (exact) mass is 310 g/mol. The molecule has 0 aliphatic rings. The van der Waals surface area contributed by atoms with Crippen molar-refractivity contribution in [3.05, 3.63) is 65.3 Å². The van der Waals surface area contributed by atoms with E-state index in [-0.39, 0.29) is 11.5 Å². The van der Waals surface area contributed by atoms with Crippen LogP contribution in [0.5, 0.6) is 5.75 Å². The minimum Gasteiger partial charge on any atom is -0.506 e. The Balaban J connectivity index is 1.94. The van der Waals surface area contributed by atoms with Crippen LogP contribution in [0.2, 0.25) is 5.02 Å². The van der Waals surface area contributed by atoms with E-state index in [2.05, 4.69) is 9.98 Å². The molecule has 0 atom stereocenters. The van der Waals surface area contributed by atoms with Crippen LogP contribution in [0.25, 0.3) is 10.9 Å². The van der Waals surface area contributed by atoms with E-state index in [1.807, 2.05) is 0 Å². The summed E-state index contributed by atoms with van der Waals surface area (Å²) in [6.45, 7) is 0. The van der Waals surface area contributed by atoms with Crippen LogP contribution in [0.1, 0.15) is 10.4 Å². The smallest absolute Gasteiger partial charge is 0.204 e. The molecule has 0 aliphatic carbocycles. The van der Waals surface area contributed by atoms with Gasteiger partial charge in [-0.05, 0) is 48.5 Å². The first-order chi connectivity index (χ1) is 10.6. The number of aliphatic imine (C=N–C) groups is 1. The second-order valence-corrected chi connectivity index (χ2v) is 5.07. The minimum absolute atomic E-state index is 0.0820. The first-order valence-electron chi connectivity index (χ1n) is 6.56. The molecule has 4 nitrogen and oxygen atoms in total. The van der Waals surface area contributed by atoms with Crippen molar-refractivity contribution in [3.63, 3.8) is 0 Å². The van der Waals surface area contributed by atoms with Crippen LogP contribution in [0, 0.1) is 0 Å². The predicted octanol–water partition coefficient (Wildman–Crippen LogP) is 4.18. The maximum Gasteiger partial charge on any atom is 0.204 e. The van der Waals surface area contributed by atoms with Crippen LogP contribution in [0.3, 0.4) is 0 Å². The third kappa shape index (κ3) is 2.82. The highest BCUT2D eigenvalue weighted by Crippen LogP contribution is 2.30. The molecule has 3 rings (SSSR count). The molecule has 108 valence electrons. The number of fused-ring (bicyclic) bond motifs is 1. The van der Waals surface area contributed by atoms with Gasteiger partial charge in [-0.15, -0.1) is 0 Å². The molecule has 0 saturated heterocycles. The number of hydrogen-bond donors (Lipinski definition) is 1. The molecule has 0 fully saturated rings. The Labute approximate surface area is 131 Å². The van der Waals surface area contributed by atoms with Crippen molar-refractivity contribution in [1.82, 2.24) is 4.98 Å². The van der Waals surface area contributed by atoms with E-state index >= 15 is 0 Å². The number of Topliss-reactive ketones (excluding diaryl/α,β-unsaturated/α-hetero) is 1. The van der Waals surface area contributed by atoms with Gasteiger partial charge in [0.2, 0.25) is 5.78 Å². The average molecular weight is 311 g/mol. The van der Waals surface area contributed by atoms with Crippen molar-refractivity contribution in [2.45, 2.75) is 0 Å². The summed E-state index contributed by atoms with van der Waals surface area (Å²) in [5.74, 6) is -0.139. The highest BCUT2D eigenvalue weighted by atomic mass is 35.5. The number of halogens is 1. The SMILES string of the molecule is O=C(C=Nc1ccc(O)c2ncccc12)c1ccc(Cl)cc1. The molecule has 22 heavy (non-hydrogen) atoms. The number of pyridine rings is 1. The number of aromatic nitrogens is 1. The number of carbonyl (C=O) groups excluding carboxylic acids is 1. The zero-order chi connectivity index (χ0) is 15.5. The lowest BCUT2D eigenvalue weighted by Crippen LogP contribution is -1.99. The number of ketones is 1. The lowest BCUT2D eigenvalue weighted by Gasteiger charge is -2.03. The molecule has 5 heteroatoms. The summed E-state index contributed by atoms with van der Waals surface area (Å²) in [6, 6.07) is 13.3. The Hall–Kier alpha value is -2.72. The molecule has 0 bridgehead atoms. The van der Waals surface area contributed by atoms with Gasteiger partial charge in [0.25, 0.3) is 0 Å². The van der Waals surface area contributed by atoms with Gasteiger partial charge in [-0.1, -0.05) is 11.6 Å². The van der Waals surface area contributed by atoms with Gasteiger partial charge in [0.05, 0.1) is 11.9 Å². The lowest BCUT2D eigenvalue weighted by atomic mass is 10.1. The molecule has 0 aliphatic heterocycles. The summed E-state index contributed by atoms with van der Waals surface area (Å²) >= 11 is 5.79. The molecule has 0 saturated carbocycles. The minimum atomic E-state index is -0.221. The fraction of sp³-hybridized carbons (Fsp3) is 0. The van der Waals surface area contributed by atoms with E-state index in [4.69, 9.17) is 11.6 Å². The van der Waals surface area contributed by atoms with Crippen molar-refractivity contribution < 1.29 is 9.90 Å². The Morgan fingerprint density at radius 2 is 1.91 bits per heavy atom. The molecule has 0 unspecified atom stereocenters. The first-order valence-corrected chi connectivity index (χ1v) is 6.93. The van der Waals surface area contributed by atoms with Crippen molar-refractivity contribution in [2.75, 3.05) is 0 Å². The Kier molecular flexibility index (Phi) is 3.85. The fourth-order valence-electron chi connectivity index (χ4n) is 2.07. The standard InChI is InChI=1S/C17H11ClN2O2/c18-12-5-3-11(4-6-12)16(22)10-20-14-7-8-15(21)17-13(14)2-1-9-19-17/h1-10,21H. The third-order valence-corrected chi connectivity index (χ3v) is 3.43. The number of benzene rings is 2. The van der Waals surface area contributed by atoms with E-state index in [1.54, 1.807) is 48.7 Å². The van der Waals surface area contributed by atoms with Crippen LogP contribution in [0.4, 0.5) is 5.69 Å². The molecule has 2 aromatic carbocycles. The number of nitrogens with zero attached hydrogens (tertiary/aromatic N) is 2. The zero-order valence-corrected chi connectivity index (χ0v) is 12.2. The number of carbonyl (C=O) groups is 1. The van der Waals surface area contributed by atoms with Crippen LogP contribution in [-0.4, -0.2) is 22.1 Å². The first kappa shape index (κ1) is 14.2. The summed E-state index contributed by atoms with van der Waals surface area (Å²) in [4.78, 5) is 20.4. The maximum absolute atomic E-state index is 12.1. The maximum atomic E-state index is 12.1. The van der Waals surface area contributed by atoms with Gasteiger partial charge in [0.1, 0.15) is 11.3 Å². The molecular formula is C17H11ClN2O2. The van der Waals surface area contributed by atoms with Crippen LogP contribution >= 0.6 is 11.6 Å². The summed E-state index contributed by atoms with van der Waals surface area (Å²) in [7, 11) is 0. The van der Waals surface area contributed by atoms with Gasteiger partial charge < -0.3 is 5.11 Å². The molecule has 1 aromatic heterocycles. The largest absolute Gasteiger partial charge is 0.506 e. The number of phenolic OH excluding ortho intramolecular Hbond substituents is 1. The van der Waals surface area contributed by atoms with E-state index in [0.717, 1.165) is 0 Å². The Morgan fingerprint density at radius 3 is 2.68 bits per heavy atom. The van der Waals surface area contributed by atoms with Crippen LogP contribution < -0.4 is 0 Å². The van der Waals surface area contributed by atoms with E-state index in [1.165, 1.54) is 12.3 Å². The van der Waals surface area contributed by atoms with Gasteiger partial charge in [0, 0.05) is 22.2 Å². The summed E-state index contributed by atoms with van der Waals surface area (Å²) in [5, 5.41) is 11.0. The van der Waals surface area contributed by atoms with Gasteiger partial charge in [0.15, 0.2) is 0 Å². The Bertz CT molecular complexity index is 873. The Morgan fingerprint density at radius 1 is 1.14 bits per heavy atom. The summed E-state index contributed by atoms with van der Waals surface area (Å²) < 4.78 is 0. The van der Waals surface area contributed by atoms with Crippen molar-refractivity contribution in [3.8, 4) is 5.75 Å². The summed E-state index contributed by atoms with van der Waals surface area (Å²) in [5.41, 5.74) is 1.54. The van der Waals surface area contributed by atoms with Crippen molar-refractivity contribution >= 4 is 40.2 Å². The second kappa shape index (κ2) is 5.95. The number of aromatic hydroxyl groups is 1. The topological polar surface area (TPSA) is 62.5 Å². The molecule has 1 N–H and O–H groups in total.